The molecule has 0 aromatic heterocycles. The smallest absolute Gasteiger partial charge is 0.280 e. The number of unbranched alkanes of at least 4 members (excludes halogenated alkanes) is 1. The van der Waals surface area contributed by atoms with Crippen LogP contribution in [0, 0.1) is 0 Å². The van der Waals surface area contributed by atoms with E-state index in [0.717, 1.165) is 31.2 Å². The molecule has 0 spiro atoms. The van der Waals surface area contributed by atoms with E-state index in [1.807, 2.05) is 6.92 Å². The summed E-state index contributed by atoms with van der Waals surface area (Å²) in [5.41, 5.74) is 9.40. The van der Waals surface area contributed by atoms with Gasteiger partial charge in [-0.05, 0) is 30.0 Å². The number of guanidine groups is 1. The van der Waals surface area contributed by atoms with Gasteiger partial charge in [0.15, 0.2) is 15.8 Å². The summed E-state index contributed by atoms with van der Waals surface area (Å²) in [7, 11) is -3.74. The number of aliphatic imine (C=N–C) groups is 1. The molecule has 25 heavy (non-hydrogen) atoms. The molecule has 6 nitrogen and oxygen atoms in total. The van der Waals surface area contributed by atoms with E-state index in [2.05, 4.69) is 4.99 Å². The predicted octanol–water partition coefficient (Wildman–Crippen LogP) is 2.74. The maximum atomic E-state index is 13.4. The Hall–Kier alpha value is -2.03. The lowest BCUT2D eigenvalue weighted by Gasteiger charge is -2.19. The van der Waals surface area contributed by atoms with E-state index >= 15 is 0 Å². The fourth-order valence-electron chi connectivity index (χ4n) is 2.53. The van der Waals surface area contributed by atoms with Crippen molar-refractivity contribution < 1.29 is 22.0 Å². The van der Waals surface area contributed by atoms with E-state index in [1.54, 1.807) is 6.92 Å². The standard InChI is InChI=1S/C16H23F2N3O3S/c1-4-5-6-9(2)10-7-11(14(17)18)12(15(22)21-16(19)20)8-13(10)25(3,23)24/h7-9,14H,4-6H2,1-3H3,(H4,19,20,21,22). The monoisotopic (exact) mass is 375 g/mol. The summed E-state index contributed by atoms with van der Waals surface area (Å²) in [6.45, 7) is 3.75. The number of halogens is 2. The van der Waals surface area contributed by atoms with Crippen LogP contribution in [-0.4, -0.2) is 26.5 Å². The molecule has 0 saturated heterocycles. The number of benzene rings is 1. The average Bonchev–Trinajstić information content (AvgIpc) is 2.49. The molecule has 140 valence electrons. The van der Waals surface area contributed by atoms with Crippen LogP contribution in [0.2, 0.25) is 0 Å². The van der Waals surface area contributed by atoms with Crippen molar-refractivity contribution in [3.63, 3.8) is 0 Å². The summed E-state index contributed by atoms with van der Waals surface area (Å²) >= 11 is 0. The number of amides is 1. The fraction of sp³-hybridized carbons (Fsp3) is 0.500. The van der Waals surface area contributed by atoms with Crippen LogP contribution in [0.4, 0.5) is 8.78 Å². The second kappa shape index (κ2) is 8.37. The highest BCUT2D eigenvalue weighted by atomic mass is 32.2. The summed E-state index contributed by atoms with van der Waals surface area (Å²) in [4.78, 5) is 15.1. The third-order valence-electron chi connectivity index (χ3n) is 3.80. The van der Waals surface area contributed by atoms with Crippen molar-refractivity contribution in [3.05, 3.63) is 28.8 Å². The van der Waals surface area contributed by atoms with Crippen molar-refractivity contribution in [3.8, 4) is 0 Å². The minimum Gasteiger partial charge on any atom is -0.370 e. The van der Waals surface area contributed by atoms with Crippen LogP contribution in [0.5, 0.6) is 0 Å². The molecule has 1 atom stereocenters. The van der Waals surface area contributed by atoms with Crippen LogP contribution in [-0.2, 0) is 9.84 Å². The highest BCUT2D eigenvalue weighted by molar-refractivity contribution is 7.90. The van der Waals surface area contributed by atoms with Gasteiger partial charge in [-0.3, -0.25) is 4.79 Å². The number of sulfone groups is 1. The molecule has 0 saturated carbocycles. The van der Waals surface area contributed by atoms with E-state index in [0.29, 0.717) is 6.42 Å². The Labute approximate surface area is 146 Å². The van der Waals surface area contributed by atoms with Crippen molar-refractivity contribution in [1.29, 1.82) is 0 Å². The number of nitrogens with two attached hydrogens (primary N) is 2. The number of carbonyl (C=O) groups excluding carboxylic acids is 1. The Morgan fingerprint density at radius 3 is 2.28 bits per heavy atom. The van der Waals surface area contributed by atoms with Crippen molar-refractivity contribution in [1.82, 2.24) is 0 Å². The van der Waals surface area contributed by atoms with Crippen LogP contribution in [0.15, 0.2) is 22.0 Å². The van der Waals surface area contributed by atoms with Crippen molar-refractivity contribution >= 4 is 21.7 Å². The maximum Gasteiger partial charge on any atom is 0.280 e. The van der Waals surface area contributed by atoms with Gasteiger partial charge in [-0.2, -0.15) is 4.99 Å². The van der Waals surface area contributed by atoms with E-state index in [1.165, 1.54) is 0 Å². The first-order chi connectivity index (χ1) is 11.5. The van der Waals surface area contributed by atoms with Crippen LogP contribution in [0.25, 0.3) is 0 Å². The number of rotatable bonds is 7. The molecule has 9 heteroatoms. The summed E-state index contributed by atoms with van der Waals surface area (Å²) in [5, 5.41) is 0. The number of hydrogen-bond donors (Lipinski definition) is 2. The Morgan fingerprint density at radius 1 is 1.24 bits per heavy atom. The third kappa shape index (κ3) is 5.48. The molecule has 0 aliphatic rings. The number of hydrogen-bond acceptors (Lipinski definition) is 3. The zero-order valence-corrected chi connectivity index (χ0v) is 15.2. The Kier molecular flexibility index (Phi) is 7.04. The lowest BCUT2D eigenvalue weighted by molar-refractivity contribution is 0.0988. The van der Waals surface area contributed by atoms with Gasteiger partial charge >= 0.3 is 0 Å². The first kappa shape index (κ1) is 21.0. The summed E-state index contributed by atoms with van der Waals surface area (Å²) < 4.78 is 51.1. The minimum absolute atomic E-state index is 0.158. The summed E-state index contributed by atoms with van der Waals surface area (Å²) in [6.07, 6.45) is 0.349. The predicted molar refractivity (Wildman–Crippen MR) is 92.6 cm³/mol. The molecular weight excluding hydrogens is 352 g/mol. The largest absolute Gasteiger partial charge is 0.370 e. The normalized spacial score (nSPS) is 12.9. The molecule has 0 aliphatic heterocycles. The maximum absolute atomic E-state index is 13.4. The molecule has 0 radical (unpaired) electrons. The van der Waals surface area contributed by atoms with Gasteiger partial charge in [0.05, 0.1) is 10.5 Å². The van der Waals surface area contributed by atoms with E-state index in [4.69, 9.17) is 11.5 Å². The van der Waals surface area contributed by atoms with E-state index in [-0.39, 0.29) is 16.4 Å². The molecule has 1 aromatic rings. The minimum atomic E-state index is -3.74. The summed E-state index contributed by atoms with van der Waals surface area (Å²) in [5.74, 6) is -1.95. The summed E-state index contributed by atoms with van der Waals surface area (Å²) in [6, 6.07) is 2.03. The second-order valence-electron chi connectivity index (χ2n) is 5.94. The van der Waals surface area contributed by atoms with Crippen LogP contribution >= 0.6 is 0 Å². The van der Waals surface area contributed by atoms with Crippen molar-refractivity contribution in [2.24, 2.45) is 16.5 Å². The first-order valence-electron chi connectivity index (χ1n) is 7.79. The highest BCUT2D eigenvalue weighted by Crippen LogP contribution is 2.34. The quantitative estimate of drug-likeness (QED) is 0.561. The molecule has 4 N–H and O–H groups in total. The molecule has 1 rings (SSSR count). The number of carbonyl (C=O) groups is 1. The molecule has 0 aliphatic carbocycles. The van der Waals surface area contributed by atoms with Crippen molar-refractivity contribution in [2.75, 3.05) is 6.26 Å². The topological polar surface area (TPSA) is 116 Å². The zero-order valence-electron chi connectivity index (χ0n) is 14.4. The number of alkyl halides is 2. The van der Waals surface area contributed by atoms with Crippen molar-refractivity contribution in [2.45, 2.75) is 50.3 Å². The van der Waals surface area contributed by atoms with Gasteiger partial charge in [-0.25, -0.2) is 17.2 Å². The van der Waals surface area contributed by atoms with Crippen LogP contribution in [0.1, 0.15) is 66.9 Å². The van der Waals surface area contributed by atoms with Gasteiger partial charge < -0.3 is 11.5 Å². The average molecular weight is 375 g/mol. The number of nitrogens with zero attached hydrogens (tertiary/aromatic N) is 1. The van der Waals surface area contributed by atoms with E-state index in [9.17, 15) is 22.0 Å². The van der Waals surface area contributed by atoms with Crippen LogP contribution < -0.4 is 11.5 Å². The van der Waals surface area contributed by atoms with Gasteiger partial charge in [-0.15, -0.1) is 0 Å². The van der Waals surface area contributed by atoms with Gasteiger partial charge in [0.2, 0.25) is 0 Å². The van der Waals surface area contributed by atoms with E-state index < -0.39 is 39.3 Å². The molecular formula is C16H23F2N3O3S. The Bertz CT molecular complexity index is 773. The third-order valence-corrected chi connectivity index (χ3v) is 4.95. The molecule has 0 bridgehead atoms. The first-order valence-corrected chi connectivity index (χ1v) is 9.68. The molecule has 0 heterocycles. The van der Waals surface area contributed by atoms with Gasteiger partial charge in [0.25, 0.3) is 12.3 Å². The lowest BCUT2D eigenvalue weighted by atomic mass is 9.92. The second-order valence-corrected chi connectivity index (χ2v) is 7.92. The van der Waals surface area contributed by atoms with Crippen LogP contribution in [0.3, 0.4) is 0 Å². The molecule has 1 unspecified atom stereocenters. The molecule has 1 amide bonds. The SMILES string of the molecule is CCCCC(C)c1cc(C(F)F)c(C(=O)N=C(N)N)cc1S(C)(=O)=O. The zero-order chi connectivity index (χ0) is 19.4. The lowest BCUT2D eigenvalue weighted by Crippen LogP contribution is -2.24. The fourth-order valence-corrected chi connectivity index (χ4v) is 3.55. The van der Waals surface area contributed by atoms with Gasteiger partial charge in [0, 0.05) is 11.8 Å². The highest BCUT2D eigenvalue weighted by Gasteiger charge is 2.26. The molecule has 0 fully saturated rings. The van der Waals surface area contributed by atoms with Gasteiger partial charge in [0.1, 0.15) is 0 Å². The van der Waals surface area contributed by atoms with Gasteiger partial charge in [-0.1, -0.05) is 26.7 Å². The Balaban J connectivity index is 3.67. The Morgan fingerprint density at radius 2 is 1.84 bits per heavy atom. The molecule has 1 aromatic carbocycles.